The van der Waals surface area contributed by atoms with Crippen molar-refractivity contribution in [2.75, 3.05) is 0 Å². The van der Waals surface area contributed by atoms with Gasteiger partial charge >= 0.3 is 6.18 Å². The molecule has 1 heterocycles. The van der Waals surface area contributed by atoms with Gasteiger partial charge in [-0.05, 0) is 11.6 Å². The van der Waals surface area contributed by atoms with Gasteiger partial charge in [0.1, 0.15) is 0 Å². The zero-order valence-corrected chi connectivity index (χ0v) is 9.25. The molecular weight excluding hydrogens is 247 g/mol. The first-order chi connectivity index (χ1) is 8.38. The maximum atomic E-state index is 12.8. The predicted molar refractivity (Wildman–Crippen MR) is 56.6 cm³/mol. The van der Waals surface area contributed by atoms with Gasteiger partial charge in [0, 0.05) is 18.8 Å². The fourth-order valence-electron chi connectivity index (χ4n) is 2.11. The standard InChI is InChI=1S/C12H10F3NO2/c13-12(14,15)9-4-2-1-3-8(9)7-5-10(17)16-11(18)6-7/h1-4,7H,5-6H2,(H,16,17,18). The Labute approximate surface area is 101 Å². The van der Waals surface area contributed by atoms with Crippen LogP contribution >= 0.6 is 0 Å². The number of rotatable bonds is 1. The predicted octanol–water partition coefficient (Wildman–Crippen LogP) is 2.23. The second-order valence-corrected chi connectivity index (χ2v) is 4.16. The molecule has 1 aliphatic heterocycles. The van der Waals surface area contributed by atoms with Crippen LogP contribution in [0.15, 0.2) is 24.3 Å². The van der Waals surface area contributed by atoms with Crippen LogP contribution in [-0.2, 0) is 15.8 Å². The van der Waals surface area contributed by atoms with E-state index < -0.39 is 29.5 Å². The first-order valence-electron chi connectivity index (χ1n) is 5.36. The lowest BCUT2D eigenvalue weighted by Crippen LogP contribution is -2.38. The van der Waals surface area contributed by atoms with Gasteiger partial charge in [0.25, 0.3) is 0 Å². The average Bonchev–Trinajstić information content (AvgIpc) is 2.26. The number of hydrogen-bond donors (Lipinski definition) is 1. The van der Waals surface area contributed by atoms with Crippen LogP contribution < -0.4 is 5.32 Å². The van der Waals surface area contributed by atoms with Gasteiger partial charge in [0.05, 0.1) is 5.56 Å². The molecule has 1 aliphatic rings. The van der Waals surface area contributed by atoms with Gasteiger partial charge in [-0.1, -0.05) is 18.2 Å². The van der Waals surface area contributed by atoms with Crippen molar-refractivity contribution in [3.63, 3.8) is 0 Å². The molecule has 0 aliphatic carbocycles. The van der Waals surface area contributed by atoms with Crippen molar-refractivity contribution in [3.05, 3.63) is 35.4 Å². The fourth-order valence-corrected chi connectivity index (χ4v) is 2.11. The summed E-state index contributed by atoms with van der Waals surface area (Å²) in [6.45, 7) is 0. The van der Waals surface area contributed by atoms with Crippen LogP contribution in [0.4, 0.5) is 13.2 Å². The van der Waals surface area contributed by atoms with Crippen molar-refractivity contribution in [1.82, 2.24) is 5.32 Å². The number of halogens is 3. The van der Waals surface area contributed by atoms with Crippen LogP contribution in [0.5, 0.6) is 0 Å². The second-order valence-electron chi connectivity index (χ2n) is 4.16. The lowest BCUT2D eigenvalue weighted by Gasteiger charge is -2.24. The van der Waals surface area contributed by atoms with E-state index in [2.05, 4.69) is 5.32 Å². The van der Waals surface area contributed by atoms with E-state index in [9.17, 15) is 22.8 Å². The van der Waals surface area contributed by atoms with Gasteiger partial charge in [-0.15, -0.1) is 0 Å². The molecule has 0 saturated carbocycles. The summed E-state index contributed by atoms with van der Waals surface area (Å²) in [4.78, 5) is 22.4. The molecule has 0 atom stereocenters. The summed E-state index contributed by atoms with van der Waals surface area (Å²) in [7, 11) is 0. The molecule has 1 N–H and O–H groups in total. The number of hydrogen-bond acceptors (Lipinski definition) is 2. The highest BCUT2D eigenvalue weighted by Crippen LogP contribution is 2.37. The molecule has 0 unspecified atom stereocenters. The molecule has 18 heavy (non-hydrogen) atoms. The van der Waals surface area contributed by atoms with E-state index in [-0.39, 0.29) is 18.4 Å². The van der Waals surface area contributed by atoms with E-state index in [0.717, 1.165) is 6.07 Å². The Bertz CT molecular complexity index is 480. The van der Waals surface area contributed by atoms with Crippen molar-refractivity contribution in [3.8, 4) is 0 Å². The summed E-state index contributed by atoms with van der Waals surface area (Å²) >= 11 is 0. The van der Waals surface area contributed by atoms with Crippen LogP contribution in [0, 0.1) is 0 Å². The third-order valence-corrected chi connectivity index (χ3v) is 2.85. The smallest absolute Gasteiger partial charge is 0.296 e. The van der Waals surface area contributed by atoms with E-state index in [1.54, 1.807) is 0 Å². The Kier molecular flexibility index (Phi) is 3.11. The summed E-state index contributed by atoms with van der Waals surface area (Å²) in [5, 5.41) is 2.08. The van der Waals surface area contributed by atoms with Gasteiger partial charge in [0.15, 0.2) is 0 Å². The number of imide groups is 1. The summed E-state index contributed by atoms with van der Waals surface area (Å²) < 4.78 is 38.4. The van der Waals surface area contributed by atoms with Crippen molar-refractivity contribution in [2.45, 2.75) is 24.9 Å². The van der Waals surface area contributed by atoms with Gasteiger partial charge in [0.2, 0.25) is 11.8 Å². The molecule has 0 radical (unpaired) electrons. The average molecular weight is 257 g/mol. The number of amides is 2. The zero-order valence-electron chi connectivity index (χ0n) is 9.25. The number of carbonyl (C=O) groups is 2. The Balaban J connectivity index is 2.39. The highest BCUT2D eigenvalue weighted by molar-refractivity contribution is 5.98. The third kappa shape index (κ3) is 2.52. The molecule has 1 aromatic carbocycles. The normalized spacial score (nSPS) is 17.7. The largest absolute Gasteiger partial charge is 0.416 e. The molecule has 0 aromatic heterocycles. The Morgan fingerprint density at radius 1 is 1.06 bits per heavy atom. The zero-order chi connectivity index (χ0) is 13.3. The minimum Gasteiger partial charge on any atom is -0.296 e. The topological polar surface area (TPSA) is 46.2 Å². The van der Waals surface area contributed by atoms with Crippen molar-refractivity contribution >= 4 is 11.8 Å². The molecule has 1 aromatic rings. The lowest BCUT2D eigenvalue weighted by atomic mass is 9.86. The Morgan fingerprint density at radius 3 is 2.17 bits per heavy atom. The third-order valence-electron chi connectivity index (χ3n) is 2.85. The maximum absolute atomic E-state index is 12.8. The molecule has 1 fully saturated rings. The van der Waals surface area contributed by atoms with Crippen LogP contribution in [0.3, 0.4) is 0 Å². The SMILES string of the molecule is O=C1CC(c2ccccc2C(F)(F)F)CC(=O)N1. The molecule has 0 spiro atoms. The number of alkyl halides is 3. The minimum atomic E-state index is -4.48. The second kappa shape index (κ2) is 4.44. The van der Waals surface area contributed by atoms with Crippen LogP contribution in [0.25, 0.3) is 0 Å². The summed E-state index contributed by atoms with van der Waals surface area (Å²) in [5.41, 5.74) is -0.773. The van der Waals surface area contributed by atoms with Gasteiger partial charge in [-0.3, -0.25) is 14.9 Å². The van der Waals surface area contributed by atoms with E-state index in [4.69, 9.17) is 0 Å². The molecule has 6 heteroatoms. The molecule has 96 valence electrons. The summed E-state index contributed by atoms with van der Waals surface area (Å²) in [6, 6.07) is 5.05. The first-order valence-corrected chi connectivity index (χ1v) is 5.36. The van der Waals surface area contributed by atoms with Crippen LogP contribution in [0.1, 0.15) is 29.9 Å². The van der Waals surface area contributed by atoms with Crippen molar-refractivity contribution < 1.29 is 22.8 Å². The highest BCUT2D eigenvalue weighted by atomic mass is 19.4. The van der Waals surface area contributed by atoms with Gasteiger partial charge in [-0.25, -0.2) is 0 Å². The van der Waals surface area contributed by atoms with E-state index in [0.29, 0.717) is 0 Å². The minimum absolute atomic E-state index is 0.00759. The highest BCUT2D eigenvalue weighted by Gasteiger charge is 2.37. The summed E-state index contributed by atoms with van der Waals surface area (Å²) in [6.07, 6.45) is -4.68. The van der Waals surface area contributed by atoms with E-state index in [1.165, 1.54) is 18.2 Å². The van der Waals surface area contributed by atoms with E-state index >= 15 is 0 Å². The maximum Gasteiger partial charge on any atom is 0.416 e. The quantitative estimate of drug-likeness (QED) is 0.784. The molecule has 0 bridgehead atoms. The number of nitrogens with one attached hydrogen (secondary N) is 1. The fraction of sp³-hybridized carbons (Fsp3) is 0.333. The first kappa shape index (κ1) is 12.6. The summed E-state index contributed by atoms with van der Waals surface area (Å²) in [5.74, 6) is -1.77. The van der Waals surface area contributed by atoms with Gasteiger partial charge in [-0.2, -0.15) is 13.2 Å². The Hall–Kier alpha value is -1.85. The number of carbonyl (C=O) groups excluding carboxylic acids is 2. The van der Waals surface area contributed by atoms with Crippen molar-refractivity contribution in [2.24, 2.45) is 0 Å². The van der Waals surface area contributed by atoms with Gasteiger partial charge < -0.3 is 0 Å². The lowest BCUT2D eigenvalue weighted by molar-refractivity contribution is -0.140. The number of benzene rings is 1. The van der Waals surface area contributed by atoms with Crippen LogP contribution in [0.2, 0.25) is 0 Å². The van der Waals surface area contributed by atoms with Crippen molar-refractivity contribution in [1.29, 1.82) is 0 Å². The Morgan fingerprint density at radius 2 is 1.61 bits per heavy atom. The molecule has 2 amide bonds. The molecule has 1 saturated heterocycles. The molecular formula is C12H10F3NO2. The number of piperidine rings is 1. The molecule has 2 rings (SSSR count). The monoisotopic (exact) mass is 257 g/mol. The molecule has 3 nitrogen and oxygen atoms in total. The van der Waals surface area contributed by atoms with E-state index in [1.807, 2.05) is 0 Å². The van der Waals surface area contributed by atoms with Crippen LogP contribution in [-0.4, -0.2) is 11.8 Å².